The number of carbonyl (C=O) groups is 1. The van der Waals surface area contributed by atoms with Crippen molar-refractivity contribution in [3.63, 3.8) is 0 Å². The Morgan fingerprint density at radius 1 is 1.41 bits per heavy atom. The number of carbonyl (C=O) groups excluding carboxylic acids is 1. The molecule has 0 aromatic carbocycles. The molecular formula is C23H28N6OS2. The van der Waals surface area contributed by atoms with Gasteiger partial charge in [-0.05, 0) is 50.0 Å². The lowest BCUT2D eigenvalue weighted by Gasteiger charge is -2.36. The summed E-state index contributed by atoms with van der Waals surface area (Å²) in [5.74, 6) is 1.43. The number of nitriles is 1. The topological polar surface area (TPSA) is 96.0 Å². The summed E-state index contributed by atoms with van der Waals surface area (Å²) < 4.78 is 1.85. The van der Waals surface area contributed by atoms with Crippen LogP contribution in [0.4, 0.5) is 5.00 Å². The summed E-state index contributed by atoms with van der Waals surface area (Å²) in [4.78, 5) is 18.4. The molecule has 3 aromatic rings. The van der Waals surface area contributed by atoms with Crippen molar-refractivity contribution in [3.8, 4) is 6.07 Å². The van der Waals surface area contributed by atoms with Crippen LogP contribution >= 0.6 is 23.1 Å². The molecule has 7 nitrogen and oxygen atoms in total. The number of nitrogens with zero attached hydrogens (tertiary/aromatic N) is 5. The Morgan fingerprint density at radius 2 is 2.19 bits per heavy atom. The average Bonchev–Trinajstić information content (AvgIpc) is 3.32. The van der Waals surface area contributed by atoms with Crippen molar-refractivity contribution < 1.29 is 4.79 Å². The van der Waals surface area contributed by atoms with E-state index in [9.17, 15) is 10.1 Å². The van der Waals surface area contributed by atoms with Gasteiger partial charge in [0.15, 0.2) is 10.8 Å². The monoisotopic (exact) mass is 468 g/mol. The first kappa shape index (κ1) is 22.7. The number of anilines is 1. The summed E-state index contributed by atoms with van der Waals surface area (Å²) in [6.45, 7) is 10.7. The fourth-order valence-corrected chi connectivity index (χ4v) is 6.42. The maximum Gasteiger partial charge on any atom is 0.235 e. The highest BCUT2D eigenvalue weighted by Crippen LogP contribution is 2.45. The number of nitrogens with one attached hydrogen (secondary N) is 1. The molecule has 32 heavy (non-hydrogen) atoms. The van der Waals surface area contributed by atoms with Crippen LogP contribution in [0, 0.1) is 36.5 Å². The van der Waals surface area contributed by atoms with Crippen molar-refractivity contribution in [1.82, 2.24) is 19.6 Å². The molecule has 1 atom stereocenters. The lowest BCUT2D eigenvalue weighted by Crippen LogP contribution is -2.28. The number of thioether (sulfide) groups is 1. The van der Waals surface area contributed by atoms with Crippen molar-refractivity contribution in [2.45, 2.75) is 65.5 Å². The summed E-state index contributed by atoms with van der Waals surface area (Å²) in [5.41, 5.74) is 3.65. The first-order chi connectivity index (χ1) is 15.2. The molecule has 1 aliphatic carbocycles. The van der Waals surface area contributed by atoms with E-state index in [4.69, 9.17) is 0 Å². The number of hydrogen-bond acceptors (Lipinski definition) is 7. The molecule has 1 N–H and O–H groups in total. The minimum atomic E-state index is -0.148. The largest absolute Gasteiger partial charge is 0.316 e. The third-order valence-corrected chi connectivity index (χ3v) is 8.74. The molecule has 1 aliphatic rings. The predicted molar refractivity (Wildman–Crippen MR) is 128 cm³/mol. The van der Waals surface area contributed by atoms with Crippen LogP contribution < -0.4 is 5.32 Å². The number of rotatable bonds is 6. The summed E-state index contributed by atoms with van der Waals surface area (Å²) >= 11 is 2.89. The number of aryl methyl sites for hydroxylation is 2. The first-order valence-corrected chi connectivity index (χ1v) is 12.7. The molecule has 0 bridgehead atoms. The molecule has 0 fully saturated rings. The van der Waals surface area contributed by atoms with Gasteiger partial charge in [0.2, 0.25) is 5.91 Å². The van der Waals surface area contributed by atoms with Gasteiger partial charge in [-0.25, -0.2) is 4.98 Å². The highest BCUT2D eigenvalue weighted by Gasteiger charge is 2.34. The van der Waals surface area contributed by atoms with E-state index in [1.165, 1.54) is 16.6 Å². The van der Waals surface area contributed by atoms with Crippen LogP contribution in [0.2, 0.25) is 0 Å². The molecule has 1 unspecified atom stereocenters. The minimum absolute atomic E-state index is 0.148. The van der Waals surface area contributed by atoms with E-state index in [2.05, 4.69) is 47.3 Å². The zero-order valence-corrected chi connectivity index (χ0v) is 20.8. The van der Waals surface area contributed by atoms with Crippen molar-refractivity contribution in [2.24, 2.45) is 11.3 Å². The summed E-state index contributed by atoms with van der Waals surface area (Å²) in [5, 5.41) is 22.5. The molecule has 0 spiro atoms. The standard InChI is InChI=1S/C23H28N6OS2/c1-6-23(4,5)15-7-8-16-17(11-24)21(32-18(16)10-15)26-20(30)12-31-22-28-27-19-9-13(2)25-14(3)29(19)22/h9,15H,6-8,10,12H2,1-5H3,(H,26,30). The van der Waals surface area contributed by atoms with Gasteiger partial charge in [0.1, 0.15) is 16.9 Å². The Balaban J connectivity index is 1.47. The second-order valence-electron chi connectivity index (χ2n) is 9.06. The number of hydrogen-bond donors (Lipinski definition) is 1. The van der Waals surface area contributed by atoms with Gasteiger partial charge in [-0.1, -0.05) is 39.0 Å². The number of amides is 1. The van der Waals surface area contributed by atoms with Crippen LogP contribution in [0.15, 0.2) is 11.2 Å². The van der Waals surface area contributed by atoms with E-state index in [1.54, 1.807) is 11.3 Å². The maximum atomic E-state index is 12.7. The molecule has 3 heterocycles. The summed E-state index contributed by atoms with van der Waals surface area (Å²) in [6.07, 6.45) is 4.12. The Bertz CT molecular complexity index is 1220. The summed E-state index contributed by atoms with van der Waals surface area (Å²) in [7, 11) is 0. The third kappa shape index (κ3) is 4.26. The molecule has 0 radical (unpaired) electrons. The van der Waals surface area contributed by atoms with Gasteiger partial charge in [0.25, 0.3) is 0 Å². The van der Waals surface area contributed by atoms with Crippen LogP contribution in [0.5, 0.6) is 0 Å². The van der Waals surface area contributed by atoms with Crippen molar-refractivity contribution >= 4 is 39.7 Å². The van der Waals surface area contributed by atoms with Crippen LogP contribution in [0.3, 0.4) is 0 Å². The second kappa shape index (κ2) is 8.83. The molecule has 0 aliphatic heterocycles. The molecule has 0 saturated carbocycles. The lowest BCUT2D eigenvalue weighted by molar-refractivity contribution is -0.113. The molecule has 168 valence electrons. The van der Waals surface area contributed by atoms with E-state index in [0.717, 1.165) is 48.4 Å². The van der Waals surface area contributed by atoms with Gasteiger partial charge >= 0.3 is 0 Å². The van der Waals surface area contributed by atoms with Gasteiger partial charge in [0, 0.05) is 16.6 Å². The Kier molecular flexibility index (Phi) is 6.28. The third-order valence-electron chi connectivity index (χ3n) is 6.64. The van der Waals surface area contributed by atoms with Crippen LogP contribution in [0.1, 0.15) is 61.1 Å². The Labute approximate surface area is 196 Å². The molecule has 4 rings (SSSR count). The maximum absolute atomic E-state index is 12.7. The van der Waals surface area contributed by atoms with Gasteiger partial charge in [-0.3, -0.25) is 9.20 Å². The Hall–Kier alpha value is -2.44. The zero-order valence-electron chi connectivity index (χ0n) is 19.2. The van der Waals surface area contributed by atoms with E-state index >= 15 is 0 Å². The van der Waals surface area contributed by atoms with Gasteiger partial charge in [-0.2, -0.15) is 5.26 Å². The lowest BCUT2D eigenvalue weighted by atomic mass is 9.69. The van der Waals surface area contributed by atoms with E-state index in [1.807, 2.05) is 24.3 Å². The van der Waals surface area contributed by atoms with Crippen molar-refractivity contribution in [2.75, 3.05) is 11.1 Å². The smallest absolute Gasteiger partial charge is 0.235 e. The highest BCUT2D eigenvalue weighted by atomic mass is 32.2. The molecule has 9 heteroatoms. The van der Waals surface area contributed by atoms with Crippen molar-refractivity contribution in [1.29, 1.82) is 5.26 Å². The normalized spacial score (nSPS) is 16.1. The molecule has 0 saturated heterocycles. The van der Waals surface area contributed by atoms with Crippen LogP contribution in [-0.4, -0.2) is 31.2 Å². The van der Waals surface area contributed by atoms with Gasteiger partial charge in [0.05, 0.1) is 11.3 Å². The fourth-order valence-electron chi connectivity index (χ4n) is 4.34. The van der Waals surface area contributed by atoms with Crippen LogP contribution in [-0.2, 0) is 17.6 Å². The van der Waals surface area contributed by atoms with Gasteiger partial charge in [-0.15, -0.1) is 21.5 Å². The zero-order chi connectivity index (χ0) is 23.0. The minimum Gasteiger partial charge on any atom is -0.316 e. The quantitative estimate of drug-likeness (QED) is 0.515. The number of thiophene rings is 1. The summed E-state index contributed by atoms with van der Waals surface area (Å²) in [6, 6.07) is 4.21. The Morgan fingerprint density at radius 3 is 2.91 bits per heavy atom. The average molecular weight is 469 g/mol. The molecule has 3 aromatic heterocycles. The van der Waals surface area contributed by atoms with Crippen LogP contribution in [0.25, 0.3) is 5.65 Å². The van der Waals surface area contributed by atoms with Crippen molar-refractivity contribution in [3.05, 3.63) is 33.6 Å². The van der Waals surface area contributed by atoms with E-state index < -0.39 is 0 Å². The first-order valence-electron chi connectivity index (χ1n) is 10.9. The number of aromatic nitrogens is 4. The predicted octanol–water partition coefficient (Wildman–Crippen LogP) is 4.95. The molecule has 1 amide bonds. The fraction of sp³-hybridized carbons (Fsp3) is 0.522. The number of fused-ring (bicyclic) bond motifs is 2. The van der Waals surface area contributed by atoms with E-state index in [-0.39, 0.29) is 17.1 Å². The van der Waals surface area contributed by atoms with E-state index in [0.29, 0.717) is 21.6 Å². The highest BCUT2D eigenvalue weighted by molar-refractivity contribution is 7.99. The molecular weight excluding hydrogens is 440 g/mol. The van der Waals surface area contributed by atoms with Gasteiger partial charge < -0.3 is 5.32 Å². The second-order valence-corrected chi connectivity index (χ2v) is 11.1. The SMILES string of the molecule is CCC(C)(C)C1CCc2c(sc(NC(=O)CSc3nnc4cc(C)nc(C)n34)c2C#N)C1.